The Balaban J connectivity index is 1.40. The molecule has 3 aromatic rings. The van der Waals surface area contributed by atoms with E-state index in [1.807, 2.05) is 43.5 Å². The van der Waals surface area contributed by atoms with Crippen molar-refractivity contribution < 1.29 is 19.1 Å². The SMILES string of the molecule is Cc1ccc(C)c(OCC(=O)Nc2nc(-c3ccc4c(c3)NC(=O)CO4)cs2)c1. The maximum Gasteiger partial charge on any atom is 0.264 e. The Kier molecular flexibility index (Phi) is 5.18. The largest absolute Gasteiger partial charge is 0.483 e. The van der Waals surface area contributed by atoms with Crippen LogP contribution in [0, 0.1) is 13.8 Å². The van der Waals surface area contributed by atoms with Crippen molar-refractivity contribution in [3.05, 3.63) is 52.9 Å². The molecule has 7 nitrogen and oxygen atoms in total. The highest BCUT2D eigenvalue weighted by molar-refractivity contribution is 7.14. The minimum Gasteiger partial charge on any atom is -0.483 e. The van der Waals surface area contributed by atoms with Crippen molar-refractivity contribution in [3.63, 3.8) is 0 Å². The van der Waals surface area contributed by atoms with E-state index in [-0.39, 0.29) is 25.0 Å². The molecule has 148 valence electrons. The van der Waals surface area contributed by atoms with Crippen molar-refractivity contribution in [1.29, 1.82) is 0 Å². The lowest BCUT2D eigenvalue weighted by molar-refractivity contribution is -0.119. The highest BCUT2D eigenvalue weighted by Gasteiger charge is 2.17. The first-order chi connectivity index (χ1) is 14.0. The molecule has 0 unspecified atom stereocenters. The number of amides is 2. The van der Waals surface area contributed by atoms with Crippen LogP contribution in [0.15, 0.2) is 41.8 Å². The van der Waals surface area contributed by atoms with Crippen molar-refractivity contribution >= 4 is 34.0 Å². The Hall–Kier alpha value is -3.39. The van der Waals surface area contributed by atoms with E-state index in [1.54, 1.807) is 12.1 Å². The zero-order valence-corrected chi connectivity index (χ0v) is 16.8. The van der Waals surface area contributed by atoms with Crippen molar-refractivity contribution in [1.82, 2.24) is 4.98 Å². The van der Waals surface area contributed by atoms with Gasteiger partial charge in [0.25, 0.3) is 11.8 Å². The maximum atomic E-state index is 12.2. The Morgan fingerprint density at radius 3 is 3.00 bits per heavy atom. The number of carbonyl (C=O) groups is 2. The minimum absolute atomic E-state index is 0.0172. The number of carbonyl (C=O) groups excluding carboxylic acids is 2. The maximum absolute atomic E-state index is 12.2. The van der Waals surface area contributed by atoms with Gasteiger partial charge in [-0.3, -0.25) is 14.9 Å². The lowest BCUT2D eigenvalue weighted by Gasteiger charge is -2.18. The first-order valence-corrected chi connectivity index (χ1v) is 9.88. The van der Waals surface area contributed by atoms with E-state index in [0.717, 1.165) is 16.7 Å². The van der Waals surface area contributed by atoms with E-state index in [4.69, 9.17) is 9.47 Å². The van der Waals surface area contributed by atoms with Crippen LogP contribution in [0.1, 0.15) is 11.1 Å². The van der Waals surface area contributed by atoms with Crippen LogP contribution in [0.5, 0.6) is 11.5 Å². The Morgan fingerprint density at radius 2 is 2.14 bits per heavy atom. The summed E-state index contributed by atoms with van der Waals surface area (Å²) in [5, 5.41) is 7.85. The van der Waals surface area contributed by atoms with Gasteiger partial charge >= 0.3 is 0 Å². The lowest BCUT2D eigenvalue weighted by Crippen LogP contribution is -2.25. The topological polar surface area (TPSA) is 89.5 Å². The van der Waals surface area contributed by atoms with Gasteiger partial charge in [-0.05, 0) is 49.2 Å². The summed E-state index contributed by atoms with van der Waals surface area (Å²) in [7, 11) is 0. The van der Waals surface area contributed by atoms with Gasteiger partial charge in [-0.1, -0.05) is 12.1 Å². The van der Waals surface area contributed by atoms with Gasteiger partial charge in [-0.15, -0.1) is 11.3 Å². The number of nitrogens with one attached hydrogen (secondary N) is 2. The van der Waals surface area contributed by atoms with Gasteiger partial charge in [0.2, 0.25) is 0 Å². The summed E-state index contributed by atoms with van der Waals surface area (Å²) in [4.78, 5) is 28.2. The van der Waals surface area contributed by atoms with Crippen LogP contribution >= 0.6 is 11.3 Å². The molecule has 1 aliphatic rings. The number of ether oxygens (including phenoxy) is 2. The van der Waals surface area contributed by atoms with E-state index in [9.17, 15) is 9.59 Å². The molecular formula is C21H19N3O4S. The van der Waals surface area contributed by atoms with Crippen molar-refractivity contribution in [2.75, 3.05) is 23.8 Å². The molecule has 0 radical (unpaired) electrons. The summed E-state index contributed by atoms with van der Waals surface area (Å²) < 4.78 is 11.0. The van der Waals surface area contributed by atoms with Crippen LogP contribution < -0.4 is 20.1 Å². The molecule has 0 saturated heterocycles. The number of nitrogens with zero attached hydrogens (tertiary/aromatic N) is 1. The number of aryl methyl sites for hydroxylation is 2. The van der Waals surface area contributed by atoms with E-state index in [1.165, 1.54) is 11.3 Å². The second kappa shape index (κ2) is 7.92. The molecule has 4 rings (SSSR count). The van der Waals surface area contributed by atoms with Crippen LogP contribution in [0.25, 0.3) is 11.3 Å². The van der Waals surface area contributed by atoms with E-state index >= 15 is 0 Å². The van der Waals surface area contributed by atoms with Gasteiger partial charge in [-0.2, -0.15) is 0 Å². The molecule has 8 heteroatoms. The van der Waals surface area contributed by atoms with Gasteiger partial charge in [0.05, 0.1) is 11.4 Å². The average molecular weight is 409 g/mol. The number of anilines is 2. The van der Waals surface area contributed by atoms with Crippen LogP contribution in [0.4, 0.5) is 10.8 Å². The number of rotatable bonds is 5. The third-order valence-corrected chi connectivity index (χ3v) is 5.12. The lowest BCUT2D eigenvalue weighted by atomic mass is 10.1. The van der Waals surface area contributed by atoms with E-state index in [0.29, 0.717) is 28.0 Å². The van der Waals surface area contributed by atoms with Crippen molar-refractivity contribution in [3.8, 4) is 22.8 Å². The number of fused-ring (bicyclic) bond motifs is 1. The monoisotopic (exact) mass is 409 g/mol. The zero-order valence-electron chi connectivity index (χ0n) is 15.9. The second-order valence-electron chi connectivity index (χ2n) is 6.69. The minimum atomic E-state index is -0.280. The highest BCUT2D eigenvalue weighted by atomic mass is 32.1. The number of benzene rings is 2. The van der Waals surface area contributed by atoms with Crippen molar-refractivity contribution in [2.24, 2.45) is 0 Å². The fourth-order valence-corrected chi connectivity index (χ4v) is 3.60. The van der Waals surface area contributed by atoms with Gasteiger partial charge in [0.1, 0.15) is 11.5 Å². The molecule has 0 fully saturated rings. The molecule has 0 bridgehead atoms. The van der Waals surface area contributed by atoms with E-state index in [2.05, 4.69) is 15.6 Å². The predicted octanol–water partition coefficient (Wildman–Crippen LogP) is 3.78. The molecule has 1 aromatic heterocycles. The third-order valence-electron chi connectivity index (χ3n) is 4.36. The first kappa shape index (κ1) is 18.9. The summed E-state index contributed by atoms with van der Waals surface area (Å²) >= 11 is 1.32. The normalized spacial score (nSPS) is 12.6. The zero-order chi connectivity index (χ0) is 20.4. The molecule has 29 heavy (non-hydrogen) atoms. The molecule has 2 heterocycles. The summed E-state index contributed by atoms with van der Waals surface area (Å²) in [6.45, 7) is 3.83. The Labute approximate surface area is 171 Å². The highest BCUT2D eigenvalue weighted by Crippen LogP contribution is 2.33. The Morgan fingerprint density at radius 1 is 1.28 bits per heavy atom. The predicted molar refractivity (Wildman–Crippen MR) is 112 cm³/mol. The fourth-order valence-electron chi connectivity index (χ4n) is 2.87. The molecular weight excluding hydrogens is 390 g/mol. The number of aromatic nitrogens is 1. The second-order valence-corrected chi connectivity index (χ2v) is 7.55. The molecule has 2 aromatic carbocycles. The summed E-state index contributed by atoms with van der Waals surface area (Å²) in [5.41, 5.74) is 4.17. The van der Waals surface area contributed by atoms with Gasteiger partial charge in [-0.25, -0.2) is 4.98 Å². The van der Waals surface area contributed by atoms with Gasteiger partial charge in [0.15, 0.2) is 18.3 Å². The van der Waals surface area contributed by atoms with Gasteiger partial charge in [0, 0.05) is 10.9 Å². The van der Waals surface area contributed by atoms with Crippen LogP contribution in [0.3, 0.4) is 0 Å². The van der Waals surface area contributed by atoms with Crippen LogP contribution in [-0.4, -0.2) is 30.0 Å². The quantitative estimate of drug-likeness (QED) is 0.669. The van der Waals surface area contributed by atoms with E-state index < -0.39 is 0 Å². The van der Waals surface area contributed by atoms with Gasteiger partial charge < -0.3 is 14.8 Å². The molecule has 0 aliphatic carbocycles. The summed E-state index contributed by atoms with van der Waals surface area (Å²) in [6, 6.07) is 11.3. The Bertz CT molecular complexity index is 1090. The molecule has 0 atom stereocenters. The molecule has 0 spiro atoms. The van der Waals surface area contributed by atoms with Crippen molar-refractivity contribution in [2.45, 2.75) is 13.8 Å². The molecule has 2 N–H and O–H groups in total. The first-order valence-electron chi connectivity index (χ1n) is 9.00. The van der Waals surface area contributed by atoms with Crippen LogP contribution in [0.2, 0.25) is 0 Å². The fraction of sp³-hybridized carbons (Fsp3) is 0.190. The standard InChI is InChI=1S/C21H19N3O4S/c1-12-3-4-13(2)18(7-12)28-10-20(26)24-21-23-16(11-29-21)14-5-6-17-15(8-14)22-19(25)9-27-17/h3-8,11H,9-10H2,1-2H3,(H,22,25)(H,23,24,26). The molecule has 2 amide bonds. The summed E-state index contributed by atoms with van der Waals surface area (Å²) in [6.07, 6.45) is 0. The number of hydrogen-bond acceptors (Lipinski definition) is 6. The molecule has 1 aliphatic heterocycles. The smallest absolute Gasteiger partial charge is 0.264 e. The van der Waals surface area contributed by atoms with Crippen LogP contribution in [-0.2, 0) is 9.59 Å². The molecule has 0 saturated carbocycles. The summed E-state index contributed by atoms with van der Waals surface area (Å²) in [5.74, 6) is 0.849. The third kappa shape index (κ3) is 4.38. The number of thiazole rings is 1. The average Bonchev–Trinajstić information content (AvgIpc) is 3.16. The number of hydrogen-bond donors (Lipinski definition) is 2.